The van der Waals surface area contributed by atoms with Gasteiger partial charge in [-0.25, -0.2) is 4.39 Å². The molecule has 1 saturated carbocycles. The van der Waals surface area contributed by atoms with Gasteiger partial charge in [0, 0.05) is 38.0 Å². The first-order valence-electron chi connectivity index (χ1n) is 10.6. The number of piperidine rings is 1. The van der Waals surface area contributed by atoms with Crippen LogP contribution >= 0.6 is 0 Å². The van der Waals surface area contributed by atoms with Crippen molar-refractivity contribution in [2.45, 2.75) is 45.1 Å². The summed E-state index contributed by atoms with van der Waals surface area (Å²) in [6.45, 7) is 2.68. The average Bonchev–Trinajstić information content (AvgIpc) is 2.84. The Hall–Kier alpha value is -2.17. The zero-order valence-electron chi connectivity index (χ0n) is 16.4. The fourth-order valence-electron chi connectivity index (χ4n) is 4.65. The van der Waals surface area contributed by atoms with Crippen molar-refractivity contribution in [2.75, 3.05) is 19.6 Å². The molecular weight excluding hydrogens is 355 g/mol. The van der Waals surface area contributed by atoms with Crippen LogP contribution < -0.4 is 0 Å². The van der Waals surface area contributed by atoms with Crippen LogP contribution in [0.15, 0.2) is 36.4 Å². The summed E-state index contributed by atoms with van der Waals surface area (Å²) in [4.78, 5) is 29.6. The summed E-state index contributed by atoms with van der Waals surface area (Å²) in [6, 6.07) is 6.38. The minimum atomic E-state index is -0.257. The van der Waals surface area contributed by atoms with Crippen LogP contribution in [-0.4, -0.2) is 41.2 Å². The molecule has 0 aromatic heterocycles. The van der Waals surface area contributed by atoms with E-state index in [0.717, 1.165) is 50.8 Å². The second-order valence-electron chi connectivity index (χ2n) is 8.45. The van der Waals surface area contributed by atoms with Gasteiger partial charge in [-0.1, -0.05) is 30.7 Å². The SMILES string of the molecule is O=C(C1CCC1)N1CCC([C@@H]2CC=CCN(Cc3ccc(F)cc3)C2=O)CC1. The lowest BCUT2D eigenvalue weighted by atomic mass is 9.80. The van der Waals surface area contributed by atoms with E-state index in [-0.39, 0.29) is 23.6 Å². The number of carbonyl (C=O) groups excluding carboxylic acids is 2. The molecule has 0 radical (unpaired) electrons. The van der Waals surface area contributed by atoms with Crippen molar-refractivity contribution in [3.05, 3.63) is 47.8 Å². The third-order valence-electron chi connectivity index (χ3n) is 6.67. The number of benzene rings is 1. The first-order valence-corrected chi connectivity index (χ1v) is 10.6. The predicted molar refractivity (Wildman–Crippen MR) is 106 cm³/mol. The van der Waals surface area contributed by atoms with Crippen LogP contribution in [0.4, 0.5) is 4.39 Å². The van der Waals surface area contributed by atoms with E-state index >= 15 is 0 Å². The van der Waals surface area contributed by atoms with Crippen LogP contribution in [0.5, 0.6) is 0 Å². The number of halogens is 1. The van der Waals surface area contributed by atoms with Gasteiger partial charge in [-0.3, -0.25) is 9.59 Å². The predicted octanol–water partition coefficient (Wildman–Crippen LogP) is 3.77. The average molecular weight is 384 g/mol. The van der Waals surface area contributed by atoms with Gasteiger partial charge >= 0.3 is 0 Å². The lowest BCUT2D eigenvalue weighted by molar-refractivity contribution is -0.141. The van der Waals surface area contributed by atoms with E-state index in [9.17, 15) is 14.0 Å². The minimum Gasteiger partial charge on any atom is -0.342 e. The standard InChI is InChI=1S/C23H29FN2O2/c24-20-9-7-17(8-10-20)16-26-13-2-1-6-21(23(26)28)18-11-14-25(15-12-18)22(27)19-4-3-5-19/h1-2,7-10,18-19,21H,3-6,11-16H2/t21-/m0/s1. The van der Waals surface area contributed by atoms with Crippen molar-refractivity contribution in [1.29, 1.82) is 0 Å². The van der Waals surface area contributed by atoms with Crippen LogP contribution in [0, 0.1) is 23.6 Å². The number of hydrogen-bond donors (Lipinski definition) is 0. The third kappa shape index (κ3) is 4.13. The molecule has 1 aromatic carbocycles. The van der Waals surface area contributed by atoms with Gasteiger partial charge in [0.1, 0.15) is 5.82 Å². The van der Waals surface area contributed by atoms with Crippen LogP contribution in [0.2, 0.25) is 0 Å². The Morgan fingerprint density at radius 1 is 1.04 bits per heavy atom. The maximum absolute atomic E-state index is 13.2. The van der Waals surface area contributed by atoms with Gasteiger partial charge in [-0.2, -0.15) is 0 Å². The summed E-state index contributed by atoms with van der Waals surface area (Å²) in [5.41, 5.74) is 0.949. The molecule has 2 aliphatic heterocycles. The van der Waals surface area contributed by atoms with Gasteiger partial charge in [-0.15, -0.1) is 0 Å². The zero-order chi connectivity index (χ0) is 19.5. The highest BCUT2D eigenvalue weighted by Gasteiger charge is 2.37. The fraction of sp³-hybridized carbons (Fsp3) is 0.565. The van der Waals surface area contributed by atoms with Crippen molar-refractivity contribution in [3.8, 4) is 0 Å². The van der Waals surface area contributed by atoms with E-state index in [4.69, 9.17) is 0 Å². The van der Waals surface area contributed by atoms with Gasteiger partial charge in [0.15, 0.2) is 0 Å². The molecule has 4 nitrogen and oxygen atoms in total. The van der Waals surface area contributed by atoms with Crippen molar-refractivity contribution in [3.63, 3.8) is 0 Å². The molecule has 4 rings (SSSR count). The van der Waals surface area contributed by atoms with Crippen molar-refractivity contribution in [2.24, 2.45) is 17.8 Å². The molecule has 5 heteroatoms. The molecule has 0 spiro atoms. The Bertz CT molecular complexity index is 733. The van der Waals surface area contributed by atoms with E-state index in [1.807, 2.05) is 9.80 Å². The first kappa shape index (κ1) is 19.2. The van der Waals surface area contributed by atoms with Crippen molar-refractivity contribution in [1.82, 2.24) is 9.80 Å². The highest BCUT2D eigenvalue weighted by atomic mass is 19.1. The molecule has 2 heterocycles. The van der Waals surface area contributed by atoms with Crippen molar-refractivity contribution >= 4 is 11.8 Å². The first-order chi connectivity index (χ1) is 13.6. The largest absolute Gasteiger partial charge is 0.342 e. The van der Waals surface area contributed by atoms with E-state index < -0.39 is 0 Å². The van der Waals surface area contributed by atoms with Crippen molar-refractivity contribution < 1.29 is 14.0 Å². The fourth-order valence-corrected chi connectivity index (χ4v) is 4.65. The van der Waals surface area contributed by atoms with Crippen LogP contribution in [-0.2, 0) is 16.1 Å². The lowest BCUT2D eigenvalue weighted by Gasteiger charge is -2.39. The molecule has 1 aliphatic carbocycles. The lowest BCUT2D eigenvalue weighted by Crippen LogP contribution is -2.46. The molecule has 1 saturated heterocycles. The maximum Gasteiger partial charge on any atom is 0.226 e. The molecule has 150 valence electrons. The number of carbonyl (C=O) groups is 2. The molecule has 1 aromatic rings. The second-order valence-corrected chi connectivity index (χ2v) is 8.45. The van der Waals surface area contributed by atoms with Crippen LogP contribution in [0.3, 0.4) is 0 Å². The molecule has 2 amide bonds. The van der Waals surface area contributed by atoms with Crippen LogP contribution in [0.25, 0.3) is 0 Å². The highest BCUT2D eigenvalue weighted by molar-refractivity contribution is 5.81. The smallest absolute Gasteiger partial charge is 0.226 e. The monoisotopic (exact) mass is 384 g/mol. The van der Waals surface area contributed by atoms with Gasteiger partial charge in [0.05, 0.1) is 0 Å². The molecule has 0 N–H and O–H groups in total. The maximum atomic E-state index is 13.2. The van der Waals surface area contributed by atoms with Gasteiger partial charge in [0.2, 0.25) is 11.8 Å². The van der Waals surface area contributed by atoms with Gasteiger partial charge in [-0.05, 0) is 55.7 Å². The molecule has 2 fully saturated rings. The number of nitrogens with zero attached hydrogens (tertiary/aromatic N) is 2. The number of likely N-dealkylation sites (tertiary alicyclic amines) is 1. The number of amides is 2. The number of hydrogen-bond acceptors (Lipinski definition) is 2. The second kappa shape index (κ2) is 8.46. The van der Waals surface area contributed by atoms with Gasteiger partial charge < -0.3 is 9.80 Å². The molecule has 28 heavy (non-hydrogen) atoms. The van der Waals surface area contributed by atoms with E-state index in [1.165, 1.54) is 18.6 Å². The Morgan fingerprint density at radius 3 is 2.39 bits per heavy atom. The Morgan fingerprint density at radius 2 is 1.75 bits per heavy atom. The minimum absolute atomic E-state index is 0.0137. The molecule has 0 unspecified atom stereocenters. The Kier molecular flexibility index (Phi) is 5.79. The number of rotatable bonds is 4. The topological polar surface area (TPSA) is 40.6 Å². The van der Waals surface area contributed by atoms with E-state index in [0.29, 0.717) is 24.9 Å². The molecular formula is C23H29FN2O2. The summed E-state index contributed by atoms with van der Waals surface area (Å²) in [6.07, 6.45) is 10.1. The highest BCUT2D eigenvalue weighted by Crippen LogP contribution is 2.34. The third-order valence-corrected chi connectivity index (χ3v) is 6.67. The molecule has 0 bridgehead atoms. The van der Waals surface area contributed by atoms with E-state index in [1.54, 1.807) is 12.1 Å². The summed E-state index contributed by atoms with van der Waals surface area (Å²) < 4.78 is 13.2. The van der Waals surface area contributed by atoms with Gasteiger partial charge in [0.25, 0.3) is 0 Å². The Balaban J connectivity index is 1.37. The molecule has 3 aliphatic rings. The summed E-state index contributed by atoms with van der Waals surface area (Å²) in [7, 11) is 0. The normalized spacial score (nSPS) is 24.2. The van der Waals surface area contributed by atoms with E-state index in [2.05, 4.69) is 12.2 Å². The zero-order valence-corrected chi connectivity index (χ0v) is 16.4. The summed E-state index contributed by atoms with van der Waals surface area (Å²) >= 11 is 0. The number of allylic oxidation sites excluding steroid dienone is 1. The molecule has 1 atom stereocenters. The Labute approximate surface area is 166 Å². The summed E-state index contributed by atoms with van der Waals surface area (Å²) in [5, 5.41) is 0. The van der Waals surface area contributed by atoms with Crippen LogP contribution in [0.1, 0.15) is 44.1 Å². The quantitative estimate of drug-likeness (QED) is 0.742. The summed E-state index contributed by atoms with van der Waals surface area (Å²) in [5.74, 6) is 0.835.